The summed E-state index contributed by atoms with van der Waals surface area (Å²) in [5.74, 6) is -0.0869. The van der Waals surface area contributed by atoms with E-state index in [1.54, 1.807) is 0 Å². The van der Waals surface area contributed by atoms with Crippen LogP contribution in [0, 0.1) is 0 Å². The molecule has 0 radical (unpaired) electrons. The molecule has 0 bridgehead atoms. The van der Waals surface area contributed by atoms with Crippen molar-refractivity contribution in [3.63, 3.8) is 0 Å². The Balaban J connectivity index is 2.25. The minimum atomic E-state index is -3.89. The Morgan fingerprint density at radius 1 is 1.35 bits per heavy atom. The zero-order valence-electron chi connectivity index (χ0n) is 10.5. The highest BCUT2D eigenvalue weighted by Crippen LogP contribution is 2.24. The van der Waals surface area contributed by atoms with E-state index in [0.29, 0.717) is 12.8 Å². The fourth-order valence-corrected chi connectivity index (χ4v) is 5.67. The predicted molar refractivity (Wildman–Crippen MR) is 77.9 cm³/mol. The summed E-state index contributed by atoms with van der Waals surface area (Å²) in [5, 5.41) is 0.0466. The topological polar surface area (TPSA) is 106 Å². The number of benzene rings is 1. The molecular weight excluding hydrogens is 324 g/mol. The summed E-state index contributed by atoms with van der Waals surface area (Å²) in [6.07, 6.45) is 0.929. The fraction of sp³-hybridized carbons (Fsp3) is 0.455. The average Bonchev–Trinajstić information content (AvgIpc) is 2.30. The number of sulfonamides is 1. The van der Waals surface area contributed by atoms with Gasteiger partial charge in [0.05, 0.1) is 16.5 Å². The quantitative estimate of drug-likeness (QED) is 0.792. The molecule has 9 heteroatoms. The van der Waals surface area contributed by atoms with Crippen LogP contribution < -0.4 is 10.5 Å². The van der Waals surface area contributed by atoms with E-state index >= 15 is 0 Å². The summed E-state index contributed by atoms with van der Waals surface area (Å²) in [6.45, 7) is 0. The molecule has 20 heavy (non-hydrogen) atoms. The summed E-state index contributed by atoms with van der Waals surface area (Å²) in [4.78, 5) is -0.137. The molecule has 1 atom stereocenters. The van der Waals surface area contributed by atoms with E-state index in [0.717, 1.165) is 0 Å². The zero-order valence-corrected chi connectivity index (χ0v) is 12.9. The normalized spacial score (nSPS) is 22.6. The lowest BCUT2D eigenvalue weighted by molar-refractivity contribution is 0.517. The van der Waals surface area contributed by atoms with Crippen LogP contribution in [0.3, 0.4) is 0 Å². The Morgan fingerprint density at radius 2 is 2.05 bits per heavy atom. The van der Waals surface area contributed by atoms with Crippen molar-refractivity contribution in [3.05, 3.63) is 23.2 Å². The Kier molecular flexibility index (Phi) is 4.29. The Hall–Kier alpha value is -0.830. The molecule has 1 saturated heterocycles. The Bertz CT molecular complexity index is 716. The third kappa shape index (κ3) is 3.63. The van der Waals surface area contributed by atoms with Crippen molar-refractivity contribution in [1.29, 1.82) is 0 Å². The second-order valence-corrected chi connectivity index (χ2v) is 9.08. The van der Waals surface area contributed by atoms with Crippen molar-refractivity contribution in [3.8, 4) is 0 Å². The van der Waals surface area contributed by atoms with E-state index in [-0.39, 0.29) is 27.1 Å². The summed E-state index contributed by atoms with van der Waals surface area (Å²) in [6, 6.07) is 3.51. The van der Waals surface area contributed by atoms with Crippen molar-refractivity contribution in [2.75, 3.05) is 17.2 Å². The van der Waals surface area contributed by atoms with Crippen LogP contribution in [-0.4, -0.2) is 34.4 Å². The number of halogens is 1. The summed E-state index contributed by atoms with van der Waals surface area (Å²) >= 11 is 5.86. The first kappa shape index (κ1) is 15.6. The van der Waals surface area contributed by atoms with Gasteiger partial charge in [0.25, 0.3) is 0 Å². The Labute approximate surface area is 123 Å². The Morgan fingerprint density at radius 3 is 2.70 bits per heavy atom. The standard InChI is InChI=1S/C11H15ClN2O4S2/c12-10-4-3-8(13)6-11(10)20(17,18)14-9-2-1-5-19(15,16)7-9/h3-4,6,9,14H,1-2,5,7,13H2. The van der Waals surface area contributed by atoms with Gasteiger partial charge in [-0.3, -0.25) is 0 Å². The van der Waals surface area contributed by atoms with E-state index in [1.807, 2.05) is 0 Å². The van der Waals surface area contributed by atoms with Crippen LogP contribution in [0.15, 0.2) is 23.1 Å². The molecule has 1 aromatic carbocycles. The second kappa shape index (κ2) is 5.51. The maximum Gasteiger partial charge on any atom is 0.242 e. The lowest BCUT2D eigenvalue weighted by Gasteiger charge is -2.23. The highest BCUT2D eigenvalue weighted by Gasteiger charge is 2.29. The average molecular weight is 339 g/mol. The number of sulfone groups is 1. The lowest BCUT2D eigenvalue weighted by atomic mass is 10.2. The minimum absolute atomic E-state index is 0.0466. The smallest absolute Gasteiger partial charge is 0.242 e. The van der Waals surface area contributed by atoms with Crippen LogP contribution in [0.2, 0.25) is 5.02 Å². The van der Waals surface area contributed by atoms with Crippen molar-refractivity contribution >= 4 is 37.1 Å². The first-order valence-corrected chi connectivity index (χ1v) is 9.66. The summed E-state index contributed by atoms with van der Waals surface area (Å²) < 4.78 is 49.9. The van der Waals surface area contributed by atoms with Crippen LogP contribution in [-0.2, 0) is 19.9 Å². The first-order valence-electron chi connectivity index (χ1n) is 5.97. The molecule has 0 aliphatic carbocycles. The van der Waals surface area contributed by atoms with Gasteiger partial charge in [0.15, 0.2) is 9.84 Å². The summed E-state index contributed by atoms with van der Waals surface area (Å²) in [5.41, 5.74) is 5.82. The zero-order chi connectivity index (χ0) is 15.0. The molecule has 3 N–H and O–H groups in total. The van der Waals surface area contributed by atoms with Crippen molar-refractivity contribution < 1.29 is 16.8 Å². The number of nitrogen functional groups attached to an aromatic ring is 1. The molecule has 1 unspecified atom stereocenters. The van der Waals surface area contributed by atoms with Gasteiger partial charge in [-0.15, -0.1) is 0 Å². The largest absolute Gasteiger partial charge is 0.399 e. The van der Waals surface area contributed by atoms with Gasteiger partial charge in [0, 0.05) is 11.7 Å². The second-order valence-electron chi connectivity index (χ2n) is 4.76. The van der Waals surface area contributed by atoms with Gasteiger partial charge >= 0.3 is 0 Å². The molecule has 1 aliphatic rings. The van der Waals surface area contributed by atoms with E-state index in [4.69, 9.17) is 17.3 Å². The SMILES string of the molecule is Nc1ccc(Cl)c(S(=O)(=O)NC2CCCS(=O)(=O)C2)c1. The molecule has 1 aliphatic heterocycles. The number of hydrogen-bond donors (Lipinski definition) is 2. The number of hydrogen-bond acceptors (Lipinski definition) is 5. The van der Waals surface area contributed by atoms with Crippen molar-refractivity contribution in [2.24, 2.45) is 0 Å². The molecule has 0 aromatic heterocycles. The van der Waals surface area contributed by atoms with E-state index in [9.17, 15) is 16.8 Å². The predicted octanol–water partition coefficient (Wildman–Crippen LogP) is 0.778. The number of anilines is 1. The molecular formula is C11H15ClN2O4S2. The van der Waals surface area contributed by atoms with Crippen LogP contribution in [0.5, 0.6) is 0 Å². The molecule has 2 rings (SSSR count). The number of nitrogens with two attached hydrogens (primary N) is 1. The molecule has 0 amide bonds. The molecule has 6 nitrogen and oxygen atoms in total. The van der Waals surface area contributed by atoms with Gasteiger partial charge in [0.2, 0.25) is 10.0 Å². The first-order chi connectivity index (χ1) is 9.20. The van der Waals surface area contributed by atoms with Gasteiger partial charge in [-0.2, -0.15) is 0 Å². The lowest BCUT2D eigenvalue weighted by Crippen LogP contribution is -2.43. The molecule has 1 fully saturated rings. The van der Waals surface area contributed by atoms with Crippen LogP contribution >= 0.6 is 11.6 Å². The molecule has 112 valence electrons. The van der Waals surface area contributed by atoms with E-state index in [1.165, 1.54) is 18.2 Å². The molecule has 1 aromatic rings. The van der Waals surface area contributed by atoms with Gasteiger partial charge in [0.1, 0.15) is 4.90 Å². The van der Waals surface area contributed by atoms with E-state index in [2.05, 4.69) is 4.72 Å². The minimum Gasteiger partial charge on any atom is -0.399 e. The molecule has 1 heterocycles. The third-order valence-corrected chi connectivity index (χ3v) is 6.85. The molecule has 0 saturated carbocycles. The highest BCUT2D eigenvalue weighted by molar-refractivity contribution is 7.91. The third-order valence-electron chi connectivity index (χ3n) is 3.03. The number of rotatable bonds is 3. The van der Waals surface area contributed by atoms with Gasteiger partial charge < -0.3 is 5.73 Å². The monoisotopic (exact) mass is 338 g/mol. The van der Waals surface area contributed by atoms with Crippen LogP contribution in [0.1, 0.15) is 12.8 Å². The summed E-state index contributed by atoms with van der Waals surface area (Å²) in [7, 11) is -7.08. The molecule has 0 spiro atoms. The maximum atomic E-state index is 12.2. The fourth-order valence-electron chi connectivity index (χ4n) is 2.12. The van der Waals surface area contributed by atoms with E-state index < -0.39 is 25.9 Å². The van der Waals surface area contributed by atoms with Crippen LogP contribution in [0.4, 0.5) is 5.69 Å². The number of nitrogens with one attached hydrogen (secondary N) is 1. The van der Waals surface area contributed by atoms with Gasteiger partial charge in [-0.05, 0) is 31.0 Å². The highest BCUT2D eigenvalue weighted by atomic mass is 35.5. The maximum absolute atomic E-state index is 12.2. The van der Waals surface area contributed by atoms with Gasteiger partial charge in [-0.1, -0.05) is 11.6 Å². The van der Waals surface area contributed by atoms with Crippen LogP contribution in [0.25, 0.3) is 0 Å². The van der Waals surface area contributed by atoms with Crippen molar-refractivity contribution in [1.82, 2.24) is 4.72 Å². The van der Waals surface area contributed by atoms with Gasteiger partial charge in [-0.25, -0.2) is 21.6 Å². The van der Waals surface area contributed by atoms with Crippen molar-refractivity contribution in [2.45, 2.75) is 23.8 Å².